The Labute approximate surface area is 136 Å². The third kappa shape index (κ3) is 5.96. The molecular formula is C18H22ClNO2. The Bertz CT molecular complexity index is 531. The van der Waals surface area contributed by atoms with Gasteiger partial charge in [-0.05, 0) is 42.7 Å². The second-order valence-electron chi connectivity index (χ2n) is 5.15. The van der Waals surface area contributed by atoms with E-state index in [1.165, 1.54) is 5.56 Å². The molecule has 0 fully saturated rings. The Morgan fingerprint density at radius 1 is 1.05 bits per heavy atom. The summed E-state index contributed by atoms with van der Waals surface area (Å²) in [5, 5.41) is 12.5. The Balaban J connectivity index is 1.68. The van der Waals surface area contributed by atoms with E-state index in [4.69, 9.17) is 16.3 Å². The van der Waals surface area contributed by atoms with Gasteiger partial charge in [0.1, 0.15) is 5.75 Å². The summed E-state index contributed by atoms with van der Waals surface area (Å²) >= 11 is 5.55. The summed E-state index contributed by atoms with van der Waals surface area (Å²) in [6.45, 7) is 1.15. The van der Waals surface area contributed by atoms with E-state index < -0.39 is 6.10 Å². The van der Waals surface area contributed by atoms with Crippen LogP contribution in [0.25, 0.3) is 0 Å². The van der Waals surface area contributed by atoms with E-state index in [0.717, 1.165) is 24.3 Å². The topological polar surface area (TPSA) is 41.5 Å². The molecule has 118 valence electrons. The number of ether oxygens (including phenoxy) is 1. The van der Waals surface area contributed by atoms with Crippen molar-refractivity contribution in [2.45, 2.75) is 18.9 Å². The van der Waals surface area contributed by atoms with Gasteiger partial charge in [-0.2, -0.15) is 0 Å². The van der Waals surface area contributed by atoms with E-state index in [2.05, 4.69) is 29.6 Å². The number of nitrogens with one attached hydrogen (secondary N) is 1. The van der Waals surface area contributed by atoms with E-state index in [1.807, 2.05) is 30.3 Å². The van der Waals surface area contributed by atoms with Gasteiger partial charge in [0.2, 0.25) is 0 Å². The highest BCUT2D eigenvalue weighted by molar-refractivity contribution is 6.18. The molecular weight excluding hydrogens is 298 g/mol. The first-order chi connectivity index (χ1) is 10.8. The molecule has 0 spiro atoms. The third-order valence-electron chi connectivity index (χ3n) is 3.30. The van der Waals surface area contributed by atoms with Crippen LogP contribution < -0.4 is 10.1 Å². The van der Waals surface area contributed by atoms with Crippen LogP contribution in [0.15, 0.2) is 54.6 Å². The van der Waals surface area contributed by atoms with Gasteiger partial charge in [0.05, 0.1) is 18.6 Å². The van der Waals surface area contributed by atoms with Crippen LogP contribution in [0.1, 0.15) is 12.0 Å². The molecule has 0 bridgehead atoms. The van der Waals surface area contributed by atoms with Crippen LogP contribution in [-0.2, 0) is 6.42 Å². The smallest absolute Gasteiger partial charge is 0.119 e. The van der Waals surface area contributed by atoms with Crippen LogP contribution in [0.5, 0.6) is 5.75 Å². The standard InChI is InChI=1S/C18H22ClNO2/c19-13-17(21)14-20-16-8-10-18(11-9-16)22-12-4-7-15-5-2-1-3-6-15/h1-3,5-6,8-11,17,20-21H,4,7,12-14H2. The SMILES string of the molecule is OC(CCl)CNc1ccc(OCCCc2ccccc2)cc1. The summed E-state index contributed by atoms with van der Waals surface area (Å²) in [7, 11) is 0. The van der Waals surface area contributed by atoms with Gasteiger partial charge in [-0.1, -0.05) is 30.3 Å². The molecule has 0 aliphatic heterocycles. The second-order valence-corrected chi connectivity index (χ2v) is 5.46. The van der Waals surface area contributed by atoms with Crippen LogP contribution in [-0.4, -0.2) is 30.2 Å². The van der Waals surface area contributed by atoms with Gasteiger partial charge in [-0.15, -0.1) is 11.6 Å². The first-order valence-corrected chi connectivity index (χ1v) is 8.06. The van der Waals surface area contributed by atoms with Gasteiger partial charge >= 0.3 is 0 Å². The number of aryl methyl sites for hydroxylation is 1. The molecule has 0 radical (unpaired) electrons. The molecule has 1 atom stereocenters. The van der Waals surface area contributed by atoms with Gasteiger partial charge in [-0.25, -0.2) is 0 Å². The van der Waals surface area contributed by atoms with Gasteiger partial charge < -0.3 is 15.2 Å². The number of rotatable bonds is 9. The molecule has 2 aromatic carbocycles. The van der Waals surface area contributed by atoms with Gasteiger partial charge in [-0.3, -0.25) is 0 Å². The zero-order chi connectivity index (χ0) is 15.6. The Hall–Kier alpha value is -1.71. The van der Waals surface area contributed by atoms with Crippen molar-refractivity contribution < 1.29 is 9.84 Å². The highest BCUT2D eigenvalue weighted by Crippen LogP contribution is 2.16. The van der Waals surface area contributed by atoms with E-state index >= 15 is 0 Å². The maximum absolute atomic E-state index is 9.39. The molecule has 4 heteroatoms. The number of anilines is 1. The van der Waals surface area contributed by atoms with Crippen molar-refractivity contribution in [3.8, 4) is 5.75 Å². The normalized spacial score (nSPS) is 11.9. The van der Waals surface area contributed by atoms with Crippen LogP contribution in [0, 0.1) is 0 Å². The maximum atomic E-state index is 9.39. The van der Waals surface area contributed by atoms with Crippen LogP contribution in [0.2, 0.25) is 0 Å². The van der Waals surface area contributed by atoms with Crippen molar-refractivity contribution in [2.75, 3.05) is 24.3 Å². The van der Waals surface area contributed by atoms with Gasteiger partial charge in [0, 0.05) is 12.2 Å². The summed E-state index contributed by atoms with van der Waals surface area (Å²) in [4.78, 5) is 0. The van der Waals surface area contributed by atoms with Crippen LogP contribution in [0.3, 0.4) is 0 Å². The minimum absolute atomic E-state index is 0.232. The van der Waals surface area contributed by atoms with Gasteiger partial charge in [0.15, 0.2) is 0 Å². The number of hydrogen-bond acceptors (Lipinski definition) is 3. The molecule has 0 aliphatic rings. The highest BCUT2D eigenvalue weighted by Gasteiger charge is 2.01. The van der Waals surface area contributed by atoms with Crippen molar-refractivity contribution in [1.29, 1.82) is 0 Å². The molecule has 2 N–H and O–H groups in total. The van der Waals surface area contributed by atoms with E-state index in [1.54, 1.807) is 0 Å². The molecule has 0 saturated heterocycles. The molecule has 0 amide bonds. The predicted molar refractivity (Wildman–Crippen MR) is 91.9 cm³/mol. The fraction of sp³-hybridized carbons (Fsp3) is 0.333. The van der Waals surface area contributed by atoms with Gasteiger partial charge in [0.25, 0.3) is 0 Å². The zero-order valence-corrected chi connectivity index (χ0v) is 13.3. The Morgan fingerprint density at radius 2 is 1.77 bits per heavy atom. The lowest BCUT2D eigenvalue weighted by Gasteiger charge is -2.11. The number of benzene rings is 2. The largest absolute Gasteiger partial charge is 0.494 e. The molecule has 0 heterocycles. The summed E-state index contributed by atoms with van der Waals surface area (Å²) in [6, 6.07) is 18.1. The summed E-state index contributed by atoms with van der Waals surface area (Å²) in [5.41, 5.74) is 2.28. The minimum atomic E-state index is -0.532. The fourth-order valence-corrected chi connectivity index (χ4v) is 2.18. The first kappa shape index (κ1) is 16.7. The summed E-state index contributed by atoms with van der Waals surface area (Å²) < 4.78 is 5.73. The predicted octanol–water partition coefficient (Wildman–Crippen LogP) is 3.71. The quantitative estimate of drug-likeness (QED) is 0.547. The third-order valence-corrected chi connectivity index (χ3v) is 3.65. The number of halogens is 1. The number of hydrogen-bond donors (Lipinski definition) is 2. The average Bonchev–Trinajstić information content (AvgIpc) is 2.58. The Kier molecular flexibility index (Phi) is 7.07. The lowest BCUT2D eigenvalue weighted by atomic mass is 10.1. The van der Waals surface area contributed by atoms with Crippen molar-refractivity contribution in [3.63, 3.8) is 0 Å². The van der Waals surface area contributed by atoms with Crippen molar-refractivity contribution in [1.82, 2.24) is 0 Å². The molecule has 0 aliphatic carbocycles. The zero-order valence-electron chi connectivity index (χ0n) is 12.5. The van der Waals surface area contributed by atoms with Crippen LogP contribution in [0.4, 0.5) is 5.69 Å². The number of aliphatic hydroxyl groups is 1. The van der Waals surface area contributed by atoms with E-state index in [9.17, 15) is 5.11 Å². The molecule has 1 unspecified atom stereocenters. The number of aliphatic hydroxyl groups excluding tert-OH is 1. The summed E-state index contributed by atoms with van der Waals surface area (Å²) in [5.74, 6) is 1.09. The van der Waals surface area contributed by atoms with Crippen molar-refractivity contribution in [2.24, 2.45) is 0 Å². The fourth-order valence-electron chi connectivity index (χ4n) is 2.07. The molecule has 22 heavy (non-hydrogen) atoms. The Morgan fingerprint density at radius 3 is 2.45 bits per heavy atom. The maximum Gasteiger partial charge on any atom is 0.119 e. The summed E-state index contributed by atoms with van der Waals surface area (Å²) in [6.07, 6.45) is 1.48. The lowest BCUT2D eigenvalue weighted by molar-refractivity contribution is 0.211. The highest BCUT2D eigenvalue weighted by atomic mass is 35.5. The van der Waals surface area contributed by atoms with E-state index in [0.29, 0.717) is 13.2 Å². The molecule has 2 rings (SSSR count). The van der Waals surface area contributed by atoms with Crippen LogP contribution >= 0.6 is 11.6 Å². The van der Waals surface area contributed by atoms with E-state index in [-0.39, 0.29) is 5.88 Å². The average molecular weight is 320 g/mol. The van der Waals surface area contributed by atoms with Crippen molar-refractivity contribution >= 4 is 17.3 Å². The molecule has 0 saturated carbocycles. The molecule has 0 aromatic heterocycles. The van der Waals surface area contributed by atoms with Crippen molar-refractivity contribution in [3.05, 3.63) is 60.2 Å². The monoisotopic (exact) mass is 319 g/mol. The lowest BCUT2D eigenvalue weighted by Crippen LogP contribution is -2.20. The second kappa shape index (κ2) is 9.34. The first-order valence-electron chi connectivity index (χ1n) is 7.52. The molecule has 3 nitrogen and oxygen atoms in total. The number of alkyl halides is 1. The minimum Gasteiger partial charge on any atom is -0.494 e. The molecule has 2 aromatic rings.